The summed E-state index contributed by atoms with van der Waals surface area (Å²) in [4.78, 5) is 19.0. The van der Waals surface area contributed by atoms with Crippen molar-refractivity contribution in [2.45, 2.75) is 32.1 Å². The number of aromatic nitrogens is 2. The van der Waals surface area contributed by atoms with Crippen molar-refractivity contribution in [3.05, 3.63) is 27.4 Å². The summed E-state index contributed by atoms with van der Waals surface area (Å²) in [5.41, 5.74) is 2.02. The van der Waals surface area contributed by atoms with Crippen LogP contribution in [0.2, 0.25) is 0 Å². The van der Waals surface area contributed by atoms with E-state index in [1.807, 2.05) is 7.05 Å². The van der Waals surface area contributed by atoms with Crippen LogP contribution < -0.4 is 10.9 Å². The molecule has 1 aliphatic carbocycles. The second-order valence-corrected chi connectivity index (χ2v) is 4.00. The summed E-state index contributed by atoms with van der Waals surface area (Å²) in [5, 5.41) is 3.09. The van der Waals surface area contributed by atoms with Crippen molar-refractivity contribution in [3.63, 3.8) is 0 Å². The van der Waals surface area contributed by atoms with Crippen LogP contribution in [-0.4, -0.2) is 23.6 Å². The first-order chi connectivity index (χ1) is 7.31. The second kappa shape index (κ2) is 4.57. The van der Waals surface area contributed by atoms with Gasteiger partial charge in [-0.25, -0.2) is 4.98 Å². The zero-order valence-corrected chi connectivity index (χ0v) is 9.10. The lowest BCUT2D eigenvalue weighted by Gasteiger charge is -2.03. The third kappa shape index (κ3) is 2.26. The maximum absolute atomic E-state index is 11.7. The number of H-pyrrole nitrogens is 1. The number of nitrogens with zero attached hydrogens (tertiary/aromatic N) is 1. The lowest BCUT2D eigenvalue weighted by atomic mass is 10.2. The number of aromatic amines is 1. The minimum atomic E-state index is 0.0805. The molecule has 1 aromatic heterocycles. The quantitative estimate of drug-likeness (QED) is 0.703. The lowest BCUT2D eigenvalue weighted by Crippen LogP contribution is -2.18. The number of aryl methyl sites for hydroxylation is 2. The molecular weight excluding hydrogens is 190 g/mol. The van der Waals surface area contributed by atoms with Crippen LogP contribution in [0, 0.1) is 0 Å². The van der Waals surface area contributed by atoms with Crippen molar-refractivity contribution < 1.29 is 0 Å². The van der Waals surface area contributed by atoms with Crippen LogP contribution in [0.1, 0.15) is 29.9 Å². The third-order valence-corrected chi connectivity index (χ3v) is 2.83. The van der Waals surface area contributed by atoms with Crippen molar-refractivity contribution >= 4 is 0 Å². The minimum absolute atomic E-state index is 0.0805. The Morgan fingerprint density at radius 2 is 2.33 bits per heavy atom. The Morgan fingerprint density at radius 3 is 3.13 bits per heavy atom. The van der Waals surface area contributed by atoms with Crippen LogP contribution >= 0.6 is 0 Å². The van der Waals surface area contributed by atoms with Gasteiger partial charge >= 0.3 is 0 Å². The van der Waals surface area contributed by atoms with E-state index in [1.165, 1.54) is 0 Å². The molecule has 0 saturated heterocycles. The third-order valence-electron chi connectivity index (χ3n) is 2.83. The predicted octanol–water partition coefficient (Wildman–Crippen LogP) is 0.411. The Labute approximate surface area is 89.1 Å². The molecule has 1 heterocycles. The fourth-order valence-electron chi connectivity index (χ4n) is 2.04. The Bertz CT molecular complexity index is 397. The van der Waals surface area contributed by atoms with Crippen molar-refractivity contribution in [1.82, 2.24) is 15.3 Å². The van der Waals surface area contributed by atoms with E-state index < -0.39 is 0 Å². The van der Waals surface area contributed by atoms with E-state index in [2.05, 4.69) is 15.3 Å². The van der Waals surface area contributed by atoms with Crippen LogP contribution in [0.4, 0.5) is 0 Å². The van der Waals surface area contributed by atoms with Gasteiger partial charge < -0.3 is 10.3 Å². The number of hydrogen-bond acceptors (Lipinski definition) is 3. The van der Waals surface area contributed by atoms with E-state index in [9.17, 15) is 4.79 Å². The highest BCUT2D eigenvalue weighted by Crippen LogP contribution is 2.15. The van der Waals surface area contributed by atoms with Gasteiger partial charge in [0.2, 0.25) is 0 Å². The van der Waals surface area contributed by atoms with Crippen LogP contribution in [0.25, 0.3) is 0 Å². The smallest absolute Gasteiger partial charge is 0.254 e. The molecular formula is C11H17N3O. The molecule has 4 nitrogen and oxygen atoms in total. The molecule has 0 unspecified atom stereocenters. The van der Waals surface area contributed by atoms with Gasteiger partial charge in [0.25, 0.3) is 5.56 Å². The van der Waals surface area contributed by atoms with E-state index in [4.69, 9.17) is 0 Å². The van der Waals surface area contributed by atoms with Gasteiger partial charge in [-0.15, -0.1) is 0 Å². The normalized spacial score (nSPS) is 14.2. The Kier molecular flexibility index (Phi) is 3.16. The van der Waals surface area contributed by atoms with E-state index in [0.29, 0.717) is 0 Å². The number of nitrogens with one attached hydrogen (secondary N) is 2. The molecule has 0 aliphatic heterocycles. The first-order valence-corrected chi connectivity index (χ1v) is 5.57. The predicted molar refractivity (Wildman–Crippen MR) is 59.1 cm³/mol. The van der Waals surface area contributed by atoms with E-state index in [0.717, 1.165) is 55.7 Å². The van der Waals surface area contributed by atoms with Crippen molar-refractivity contribution in [2.24, 2.45) is 0 Å². The molecule has 0 saturated carbocycles. The van der Waals surface area contributed by atoms with Gasteiger partial charge in [0.15, 0.2) is 0 Å². The lowest BCUT2D eigenvalue weighted by molar-refractivity contribution is 0.696. The summed E-state index contributed by atoms with van der Waals surface area (Å²) in [6.07, 6.45) is 4.81. The van der Waals surface area contributed by atoms with Gasteiger partial charge in [-0.1, -0.05) is 0 Å². The van der Waals surface area contributed by atoms with Crippen LogP contribution in [0.5, 0.6) is 0 Å². The van der Waals surface area contributed by atoms with Crippen molar-refractivity contribution in [2.75, 3.05) is 13.6 Å². The number of rotatable bonds is 4. The summed E-state index contributed by atoms with van der Waals surface area (Å²) < 4.78 is 0. The van der Waals surface area contributed by atoms with Crippen molar-refractivity contribution in [1.29, 1.82) is 0 Å². The zero-order valence-electron chi connectivity index (χ0n) is 9.10. The maximum atomic E-state index is 11.7. The molecule has 1 aliphatic rings. The molecule has 0 bridgehead atoms. The minimum Gasteiger partial charge on any atom is -0.320 e. The van der Waals surface area contributed by atoms with Gasteiger partial charge in [0, 0.05) is 12.0 Å². The summed E-state index contributed by atoms with van der Waals surface area (Å²) in [5.74, 6) is 0.843. The molecule has 2 N–H and O–H groups in total. The molecule has 0 spiro atoms. The topological polar surface area (TPSA) is 57.8 Å². The SMILES string of the molecule is CNCCCc1nc2c(c(=O)[nH]1)CCC2. The van der Waals surface area contributed by atoms with Crippen LogP contribution in [0.3, 0.4) is 0 Å². The Hall–Kier alpha value is -1.16. The fourth-order valence-corrected chi connectivity index (χ4v) is 2.04. The highest BCUT2D eigenvalue weighted by molar-refractivity contribution is 5.22. The van der Waals surface area contributed by atoms with E-state index >= 15 is 0 Å². The average molecular weight is 207 g/mol. The fraction of sp³-hybridized carbons (Fsp3) is 0.636. The van der Waals surface area contributed by atoms with E-state index in [1.54, 1.807) is 0 Å². The molecule has 4 heteroatoms. The molecule has 15 heavy (non-hydrogen) atoms. The molecule has 0 amide bonds. The first-order valence-electron chi connectivity index (χ1n) is 5.57. The highest BCUT2D eigenvalue weighted by Gasteiger charge is 2.16. The van der Waals surface area contributed by atoms with Gasteiger partial charge in [0.1, 0.15) is 5.82 Å². The average Bonchev–Trinajstić information content (AvgIpc) is 2.66. The molecule has 0 radical (unpaired) electrons. The molecule has 1 aromatic rings. The monoisotopic (exact) mass is 207 g/mol. The van der Waals surface area contributed by atoms with Crippen LogP contribution in [-0.2, 0) is 19.3 Å². The standard InChI is InChI=1S/C11H17N3O/c1-12-7-3-6-10-13-9-5-2-4-8(9)11(15)14-10/h12H,2-7H2,1H3,(H,13,14,15). The second-order valence-electron chi connectivity index (χ2n) is 4.00. The van der Waals surface area contributed by atoms with Crippen molar-refractivity contribution in [3.8, 4) is 0 Å². The molecule has 2 rings (SSSR count). The molecule has 0 atom stereocenters. The van der Waals surface area contributed by atoms with Gasteiger partial charge in [-0.2, -0.15) is 0 Å². The zero-order chi connectivity index (χ0) is 10.7. The van der Waals surface area contributed by atoms with Gasteiger partial charge in [0.05, 0.1) is 5.69 Å². The first kappa shape index (κ1) is 10.4. The largest absolute Gasteiger partial charge is 0.320 e. The maximum Gasteiger partial charge on any atom is 0.254 e. The molecule has 0 fully saturated rings. The summed E-state index contributed by atoms with van der Waals surface area (Å²) >= 11 is 0. The van der Waals surface area contributed by atoms with Gasteiger partial charge in [-0.3, -0.25) is 4.79 Å². The summed E-state index contributed by atoms with van der Waals surface area (Å²) in [6.45, 7) is 0.959. The molecule has 82 valence electrons. The summed E-state index contributed by atoms with van der Waals surface area (Å²) in [7, 11) is 1.93. The van der Waals surface area contributed by atoms with E-state index in [-0.39, 0.29) is 5.56 Å². The Morgan fingerprint density at radius 1 is 1.47 bits per heavy atom. The number of hydrogen-bond donors (Lipinski definition) is 2. The van der Waals surface area contributed by atoms with Crippen LogP contribution in [0.15, 0.2) is 4.79 Å². The highest BCUT2D eigenvalue weighted by atomic mass is 16.1. The molecule has 0 aromatic carbocycles. The van der Waals surface area contributed by atoms with Gasteiger partial charge in [-0.05, 0) is 39.3 Å². The Balaban J connectivity index is 2.13. The summed E-state index contributed by atoms with van der Waals surface area (Å²) in [6, 6.07) is 0. The number of fused-ring (bicyclic) bond motifs is 1.